The maximum Gasteiger partial charge on any atom is 0.132 e. The Kier molecular flexibility index (Phi) is 5.59. The van der Waals surface area contributed by atoms with Gasteiger partial charge in [-0.2, -0.15) is 0 Å². The standard InChI is InChI=1S/C21H26FN3.H2/c1-15-12-20(22)19(13-18(15)16(2)23-3)21-9-7-8-17(24-21)14-25-10-5-4-6-11-25;/h7-9,12-13H,4-6,10-11,14H2,1-3H3;1H. The maximum absolute atomic E-state index is 14.6. The molecular weight excluding hydrogens is 313 g/mol. The number of hydrogen-bond donors (Lipinski definition) is 0. The molecule has 2 heterocycles. The van der Waals surface area contributed by atoms with Gasteiger partial charge in [-0.15, -0.1) is 0 Å². The minimum absolute atomic E-state index is 0. The van der Waals surface area contributed by atoms with Gasteiger partial charge in [-0.05, 0) is 75.2 Å². The number of nitrogens with zero attached hydrogens (tertiary/aromatic N) is 3. The number of rotatable bonds is 4. The molecule has 3 nitrogen and oxygen atoms in total. The Labute approximate surface area is 151 Å². The molecule has 3 rings (SSSR count). The van der Waals surface area contributed by atoms with Gasteiger partial charge in [0.15, 0.2) is 0 Å². The topological polar surface area (TPSA) is 28.5 Å². The van der Waals surface area contributed by atoms with E-state index in [1.807, 2.05) is 38.1 Å². The van der Waals surface area contributed by atoms with Crippen molar-refractivity contribution in [1.29, 1.82) is 0 Å². The van der Waals surface area contributed by atoms with Crippen molar-refractivity contribution in [2.45, 2.75) is 39.7 Å². The van der Waals surface area contributed by atoms with Gasteiger partial charge in [0.1, 0.15) is 5.82 Å². The van der Waals surface area contributed by atoms with Gasteiger partial charge < -0.3 is 0 Å². The molecule has 0 atom stereocenters. The van der Waals surface area contributed by atoms with Crippen molar-refractivity contribution in [3.8, 4) is 11.3 Å². The average molecular weight is 341 g/mol. The van der Waals surface area contributed by atoms with Crippen LogP contribution < -0.4 is 0 Å². The van der Waals surface area contributed by atoms with E-state index in [-0.39, 0.29) is 7.24 Å². The number of halogens is 1. The van der Waals surface area contributed by atoms with Gasteiger partial charge in [0.25, 0.3) is 0 Å². The molecule has 1 aromatic carbocycles. The lowest BCUT2D eigenvalue weighted by atomic mass is 9.99. The summed E-state index contributed by atoms with van der Waals surface area (Å²) in [5, 5.41) is 0. The third-order valence-corrected chi connectivity index (χ3v) is 4.96. The van der Waals surface area contributed by atoms with E-state index in [0.29, 0.717) is 11.3 Å². The summed E-state index contributed by atoms with van der Waals surface area (Å²) >= 11 is 0. The normalized spacial score (nSPS) is 16.2. The van der Waals surface area contributed by atoms with Gasteiger partial charge in [-0.25, -0.2) is 4.39 Å². The fourth-order valence-corrected chi connectivity index (χ4v) is 3.44. The molecule has 4 heteroatoms. The summed E-state index contributed by atoms with van der Waals surface area (Å²) in [5.41, 5.74) is 5.02. The first-order valence-corrected chi connectivity index (χ1v) is 9.01. The van der Waals surface area contributed by atoms with Gasteiger partial charge in [0.2, 0.25) is 0 Å². The lowest BCUT2D eigenvalue weighted by molar-refractivity contribution is 0.218. The van der Waals surface area contributed by atoms with Crippen LogP contribution in [0.5, 0.6) is 0 Å². The van der Waals surface area contributed by atoms with Crippen molar-refractivity contribution in [3.63, 3.8) is 0 Å². The van der Waals surface area contributed by atoms with Crippen molar-refractivity contribution in [2.75, 3.05) is 20.1 Å². The van der Waals surface area contributed by atoms with Crippen LogP contribution in [0.3, 0.4) is 0 Å². The Morgan fingerprint density at radius 3 is 2.72 bits per heavy atom. The zero-order valence-electron chi connectivity index (χ0n) is 15.3. The molecule has 0 spiro atoms. The summed E-state index contributed by atoms with van der Waals surface area (Å²) in [4.78, 5) is 11.4. The van der Waals surface area contributed by atoms with Crippen molar-refractivity contribution < 1.29 is 5.82 Å². The first-order valence-electron chi connectivity index (χ1n) is 9.01. The van der Waals surface area contributed by atoms with E-state index in [2.05, 4.69) is 9.89 Å². The van der Waals surface area contributed by atoms with Crippen LogP contribution >= 0.6 is 0 Å². The molecule has 0 N–H and O–H groups in total. The van der Waals surface area contributed by atoms with Gasteiger partial charge in [0, 0.05) is 26.3 Å². The Morgan fingerprint density at radius 1 is 1.24 bits per heavy atom. The summed E-state index contributed by atoms with van der Waals surface area (Å²) in [5.74, 6) is -0.229. The van der Waals surface area contributed by atoms with Gasteiger partial charge in [-0.1, -0.05) is 12.5 Å². The fraction of sp³-hybridized carbons (Fsp3) is 0.429. The first kappa shape index (κ1) is 17.7. The monoisotopic (exact) mass is 341 g/mol. The Hall–Kier alpha value is -2.07. The van der Waals surface area contributed by atoms with Crippen LogP contribution in [0.4, 0.5) is 4.39 Å². The number of hydrogen-bond acceptors (Lipinski definition) is 3. The van der Waals surface area contributed by atoms with Crippen LogP contribution in [-0.4, -0.2) is 35.7 Å². The highest BCUT2D eigenvalue weighted by atomic mass is 19.1. The molecule has 134 valence electrons. The number of pyridine rings is 1. The van der Waals surface area contributed by atoms with Crippen molar-refractivity contribution >= 4 is 5.71 Å². The van der Waals surface area contributed by atoms with E-state index in [4.69, 9.17) is 4.98 Å². The van der Waals surface area contributed by atoms with Crippen LogP contribution in [0.2, 0.25) is 0 Å². The largest absolute Gasteiger partial charge is 0.298 e. The SMILES string of the molecule is CN=C(C)c1cc(-c2cccc(CN3CCCCC3)n2)c(F)cc1C.[HH]. The molecule has 0 aliphatic carbocycles. The quantitative estimate of drug-likeness (QED) is 0.743. The second-order valence-electron chi connectivity index (χ2n) is 6.81. The average Bonchev–Trinajstić information content (AvgIpc) is 2.62. The van der Waals surface area contributed by atoms with Crippen LogP contribution in [0.15, 0.2) is 35.3 Å². The lowest BCUT2D eigenvalue weighted by Gasteiger charge is -2.26. The Morgan fingerprint density at radius 2 is 2.00 bits per heavy atom. The Balaban J connectivity index is 0.00000243. The highest BCUT2D eigenvalue weighted by Crippen LogP contribution is 2.26. The third-order valence-electron chi connectivity index (χ3n) is 4.96. The third kappa shape index (κ3) is 4.13. The number of benzene rings is 1. The zero-order valence-corrected chi connectivity index (χ0v) is 15.3. The van der Waals surface area contributed by atoms with E-state index in [1.54, 1.807) is 13.1 Å². The Bertz CT molecular complexity index is 783. The van der Waals surface area contributed by atoms with Gasteiger partial charge in [-0.3, -0.25) is 14.9 Å². The van der Waals surface area contributed by atoms with E-state index < -0.39 is 0 Å². The van der Waals surface area contributed by atoms with Crippen LogP contribution in [0.25, 0.3) is 11.3 Å². The summed E-state index contributed by atoms with van der Waals surface area (Å²) in [6.45, 7) is 6.95. The highest BCUT2D eigenvalue weighted by Gasteiger charge is 2.14. The van der Waals surface area contributed by atoms with E-state index >= 15 is 0 Å². The minimum atomic E-state index is -0.229. The molecule has 0 bridgehead atoms. The molecule has 0 saturated carbocycles. The number of aliphatic imine (C=N–C) groups is 1. The zero-order chi connectivity index (χ0) is 17.8. The minimum Gasteiger partial charge on any atom is -0.298 e. The summed E-state index contributed by atoms with van der Waals surface area (Å²) in [7, 11) is 1.76. The van der Waals surface area contributed by atoms with Crippen LogP contribution in [0.1, 0.15) is 44.4 Å². The van der Waals surface area contributed by atoms with Crippen LogP contribution in [-0.2, 0) is 6.54 Å². The van der Waals surface area contributed by atoms with E-state index in [1.165, 1.54) is 19.3 Å². The number of aryl methyl sites for hydroxylation is 1. The number of likely N-dealkylation sites (tertiary alicyclic amines) is 1. The molecule has 25 heavy (non-hydrogen) atoms. The van der Waals surface area contributed by atoms with Gasteiger partial charge in [0.05, 0.1) is 11.4 Å². The molecule has 1 aliphatic rings. The smallest absolute Gasteiger partial charge is 0.132 e. The van der Waals surface area contributed by atoms with E-state index in [9.17, 15) is 4.39 Å². The molecule has 1 fully saturated rings. The van der Waals surface area contributed by atoms with Crippen molar-refractivity contribution in [2.24, 2.45) is 4.99 Å². The summed E-state index contributed by atoms with van der Waals surface area (Å²) in [6.07, 6.45) is 3.83. The fourth-order valence-electron chi connectivity index (χ4n) is 3.44. The van der Waals surface area contributed by atoms with Crippen molar-refractivity contribution in [1.82, 2.24) is 9.88 Å². The number of piperidine rings is 1. The molecule has 1 saturated heterocycles. The number of aromatic nitrogens is 1. The van der Waals surface area contributed by atoms with Crippen LogP contribution in [0, 0.1) is 12.7 Å². The van der Waals surface area contributed by atoms with Crippen molar-refractivity contribution in [3.05, 3.63) is 53.0 Å². The molecular formula is C21H28FN3. The molecule has 1 aromatic heterocycles. The predicted octanol–water partition coefficient (Wildman–Crippen LogP) is 4.87. The molecule has 0 amide bonds. The maximum atomic E-state index is 14.6. The highest BCUT2D eigenvalue weighted by molar-refractivity contribution is 6.00. The second kappa shape index (κ2) is 7.87. The molecule has 1 aliphatic heterocycles. The summed E-state index contributed by atoms with van der Waals surface area (Å²) in [6, 6.07) is 9.35. The molecule has 0 unspecified atom stereocenters. The predicted molar refractivity (Wildman–Crippen MR) is 104 cm³/mol. The lowest BCUT2D eigenvalue weighted by Crippen LogP contribution is -2.29. The van der Waals surface area contributed by atoms with Gasteiger partial charge >= 0.3 is 0 Å². The van der Waals surface area contributed by atoms with E-state index in [0.717, 1.165) is 42.2 Å². The summed E-state index contributed by atoms with van der Waals surface area (Å²) < 4.78 is 14.6. The molecule has 2 aromatic rings. The molecule has 0 radical (unpaired) electrons. The second-order valence-corrected chi connectivity index (χ2v) is 6.81. The first-order chi connectivity index (χ1) is 12.1.